The minimum atomic E-state index is 0.452. The molecule has 3 heteroatoms. The highest BCUT2D eigenvalue weighted by molar-refractivity contribution is 4.95. The second kappa shape index (κ2) is 5.03. The van der Waals surface area contributed by atoms with Gasteiger partial charge in [0.2, 0.25) is 0 Å². The molecule has 2 N–H and O–H groups in total. The molecule has 0 aromatic carbocycles. The molecule has 0 bridgehead atoms. The summed E-state index contributed by atoms with van der Waals surface area (Å²) in [5, 5.41) is 0. The summed E-state index contributed by atoms with van der Waals surface area (Å²) >= 11 is 0. The normalized spacial score (nSPS) is 32.1. The molecule has 2 atom stereocenters. The largest absolute Gasteiger partial charge is 0.380 e. The number of ether oxygens (including phenoxy) is 1. The summed E-state index contributed by atoms with van der Waals surface area (Å²) in [6.07, 6.45) is 3.98. The van der Waals surface area contributed by atoms with Gasteiger partial charge in [0.25, 0.3) is 0 Å². The van der Waals surface area contributed by atoms with E-state index in [1.165, 1.54) is 32.4 Å². The van der Waals surface area contributed by atoms with Gasteiger partial charge in [-0.25, -0.2) is 0 Å². The van der Waals surface area contributed by atoms with Gasteiger partial charge < -0.3 is 15.4 Å². The van der Waals surface area contributed by atoms with Gasteiger partial charge in [-0.3, -0.25) is 0 Å². The van der Waals surface area contributed by atoms with Crippen LogP contribution in [0.4, 0.5) is 0 Å². The van der Waals surface area contributed by atoms with Gasteiger partial charge in [-0.1, -0.05) is 6.92 Å². The Labute approximate surface area is 99.3 Å². The molecule has 0 spiro atoms. The highest BCUT2D eigenvalue weighted by Crippen LogP contribution is 2.45. The van der Waals surface area contributed by atoms with Crippen LogP contribution in [0.2, 0.25) is 0 Å². The molecule has 94 valence electrons. The molecule has 2 saturated heterocycles. The van der Waals surface area contributed by atoms with Crippen molar-refractivity contribution in [3.8, 4) is 0 Å². The highest BCUT2D eigenvalue weighted by Gasteiger charge is 2.46. The molecular weight excluding hydrogens is 200 g/mol. The molecule has 2 unspecified atom stereocenters. The fourth-order valence-electron chi connectivity index (χ4n) is 3.33. The Balaban J connectivity index is 1.97. The van der Waals surface area contributed by atoms with Crippen LogP contribution in [0.3, 0.4) is 0 Å². The second-order valence-corrected chi connectivity index (χ2v) is 6.00. The molecule has 0 aromatic heterocycles. The van der Waals surface area contributed by atoms with Gasteiger partial charge in [0.05, 0.1) is 13.2 Å². The van der Waals surface area contributed by atoms with E-state index in [-0.39, 0.29) is 0 Å². The predicted molar refractivity (Wildman–Crippen MR) is 66.3 cm³/mol. The Morgan fingerprint density at radius 3 is 2.75 bits per heavy atom. The minimum absolute atomic E-state index is 0.452. The summed E-state index contributed by atoms with van der Waals surface area (Å²) in [5.41, 5.74) is 6.22. The summed E-state index contributed by atoms with van der Waals surface area (Å²) < 4.78 is 5.51. The first-order valence-electron chi connectivity index (χ1n) is 6.62. The Kier molecular flexibility index (Phi) is 3.88. The fraction of sp³-hybridized carbons (Fsp3) is 1.00. The number of likely N-dealkylation sites (tertiary alicyclic amines) is 1. The maximum atomic E-state index is 5.76. The third-order valence-corrected chi connectivity index (χ3v) is 4.43. The van der Waals surface area contributed by atoms with Crippen molar-refractivity contribution in [1.82, 2.24) is 4.90 Å². The van der Waals surface area contributed by atoms with Gasteiger partial charge in [-0.15, -0.1) is 0 Å². The van der Waals surface area contributed by atoms with Crippen molar-refractivity contribution in [2.45, 2.75) is 26.2 Å². The number of hydrogen-bond donors (Lipinski definition) is 1. The molecule has 2 aliphatic heterocycles. The van der Waals surface area contributed by atoms with E-state index in [4.69, 9.17) is 10.5 Å². The number of nitrogens with two attached hydrogens (primary N) is 1. The molecule has 0 aromatic rings. The van der Waals surface area contributed by atoms with Crippen LogP contribution in [0.5, 0.6) is 0 Å². The van der Waals surface area contributed by atoms with E-state index in [9.17, 15) is 0 Å². The molecular formula is C13H26N2O. The van der Waals surface area contributed by atoms with Gasteiger partial charge in [-0.05, 0) is 51.2 Å². The number of nitrogens with zero attached hydrogens (tertiary/aromatic N) is 1. The second-order valence-electron chi connectivity index (χ2n) is 6.00. The van der Waals surface area contributed by atoms with Gasteiger partial charge in [0.1, 0.15) is 0 Å². The predicted octanol–water partition coefficient (Wildman–Crippen LogP) is 1.33. The molecule has 3 nitrogen and oxygen atoms in total. The lowest BCUT2D eigenvalue weighted by Gasteiger charge is -2.51. The molecule has 2 rings (SSSR count). The lowest BCUT2D eigenvalue weighted by molar-refractivity contribution is -0.165. The number of hydrogen-bond acceptors (Lipinski definition) is 3. The van der Waals surface area contributed by atoms with Crippen LogP contribution in [-0.4, -0.2) is 44.8 Å². The minimum Gasteiger partial charge on any atom is -0.380 e. The van der Waals surface area contributed by atoms with Gasteiger partial charge >= 0.3 is 0 Å². The zero-order chi connectivity index (χ0) is 11.6. The average Bonchev–Trinajstić information content (AvgIpc) is 2.23. The van der Waals surface area contributed by atoms with Crippen LogP contribution >= 0.6 is 0 Å². The summed E-state index contributed by atoms with van der Waals surface area (Å²) in [7, 11) is 2.24. The SMILES string of the molecule is CC(CN)CC1(C2CCCN(C)C2)COC1. The zero-order valence-corrected chi connectivity index (χ0v) is 10.7. The first-order valence-corrected chi connectivity index (χ1v) is 6.62. The summed E-state index contributed by atoms with van der Waals surface area (Å²) in [6, 6.07) is 0. The van der Waals surface area contributed by atoms with Crippen LogP contribution in [0.1, 0.15) is 26.2 Å². The summed E-state index contributed by atoms with van der Waals surface area (Å²) in [6.45, 7) is 7.53. The van der Waals surface area contributed by atoms with E-state index in [1.54, 1.807) is 0 Å². The lowest BCUT2D eigenvalue weighted by Crippen LogP contribution is -2.54. The number of rotatable bonds is 4. The van der Waals surface area contributed by atoms with Crippen LogP contribution in [0.15, 0.2) is 0 Å². The molecule has 0 aliphatic carbocycles. The van der Waals surface area contributed by atoms with Gasteiger partial charge in [0, 0.05) is 12.0 Å². The molecule has 2 heterocycles. The standard InChI is InChI=1S/C13H26N2O/c1-11(7-14)6-13(9-16-10-13)12-4-3-5-15(2)8-12/h11-12H,3-10,14H2,1-2H3. The Bertz CT molecular complexity index is 228. The van der Waals surface area contributed by atoms with Crippen LogP contribution < -0.4 is 5.73 Å². The van der Waals surface area contributed by atoms with Crippen molar-refractivity contribution in [2.24, 2.45) is 23.0 Å². The van der Waals surface area contributed by atoms with Crippen LogP contribution in [-0.2, 0) is 4.74 Å². The zero-order valence-electron chi connectivity index (χ0n) is 10.7. The van der Waals surface area contributed by atoms with Crippen molar-refractivity contribution in [2.75, 3.05) is 39.9 Å². The molecule has 0 saturated carbocycles. The van der Waals surface area contributed by atoms with Crippen molar-refractivity contribution in [1.29, 1.82) is 0 Å². The highest BCUT2D eigenvalue weighted by atomic mass is 16.5. The van der Waals surface area contributed by atoms with Crippen molar-refractivity contribution < 1.29 is 4.74 Å². The van der Waals surface area contributed by atoms with Crippen molar-refractivity contribution >= 4 is 0 Å². The molecule has 2 fully saturated rings. The first kappa shape index (κ1) is 12.3. The maximum Gasteiger partial charge on any atom is 0.0548 e. The maximum absolute atomic E-state index is 5.76. The number of piperidine rings is 1. The molecule has 16 heavy (non-hydrogen) atoms. The van der Waals surface area contributed by atoms with Gasteiger partial charge in [-0.2, -0.15) is 0 Å². The van der Waals surface area contributed by atoms with E-state index < -0.39 is 0 Å². The third kappa shape index (κ3) is 2.41. The Morgan fingerprint density at radius 1 is 1.50 bits per heavy atom. The summed E-state index contributed by atoms with van der Waals surface area (Å²) in [4.78, 5) is 2.47. The van der Waals surface area contributed by atoms with E-state index >= 15 is 0 Å². The van der Waals surface area contributed by atoms with Crippen molar-refractivity contribution in [3.05, 3.63) is 0 Å². The first-order chi connectivity index (χ1) is 7.66. The van der Waals surface area contributed by atoms with E-state index in [0.29, 0.717) is 11.3 Å². The van der Waals surface area contributed by atoms with E-state index in [0.717, 1.165) is 25.7 Å². The quantitative estimate of drug-likeness (QED) is 0.786. The molecule has 0 amide bonds. The van der Waals surface area contributed by atoms with E-state index in [2.05, 4.69) is 18.9 Å². The van der Waals surface area contributed by atoms with Crippen molar-refractivity contribution in [3.63, 3.8) is 0 Å². The monoisotopic (exact) mass is 226 g/mol. The fourth-order valence-corrected chi connectivity index (χ4v) is 3.33. The topological polar surface area (TPSA) is 38.5 Å². The van der Waals surface area contributed by atoms with Crippen LogP contribution in [0, 0.1) is 17.3 Å². The average molecular weight is 226 g/mol. The molecule has 2 aliphatic rings. The van der Waals surface area contributed by atoms with E-state index in [1.807, 2.05) is 0 Å². The van der Waals surface area contributed by atoms with Gasteiger partial charge in [0.15, 0.2) is 0 Å². The lowest BCUT2D eigenvalue weighted by atomic mass is 9.66. The Morgan fingerprint density at radius 2 is 2.25 bits per heavy atom. The summed E-state index contributed by atoms with van der Waals surface area (Å²) in [5.74, 6) is 1.46. The van der Waals surface area contributed by atoms with Crippen LogP contribution in [0.25, 0.3) is 0 Å². The Hall–Kier alpha value is -0.120. The smallest absolute Gasteiger partial charge is 0.0548 e. The molecule has 0 radical (unpaired) electrons. The third-order valence-electron chi connectivity index (χ3n) is 4.43.